The molecule has 2 aromatic carbocycles. The molecule has 4 rings (SSSR count). The van der Waals surface area contributed by atoms with Crippen LogP contribution in [0.3, 0.4) is 0 Å². The molecule has 1 N–H and O–H groups in total. The Balaban J connectivity index is 1.88. The molecule has 1 aliphatic rings. The van der Waals surface area contributed by atoms with Gasteiger partial charge in [0.15, 0.2) is 6.61 Å². The molecule has 0 spiro atoms. The van der Waals surface area contributed by atoms with Crippen molar-refractivity contribution in [3.8, 4) is 28.1 Å². The van der Waals surface area contributed by atoms with Gasteiger partial charge in [-0.3, -0.25) is 9.48 Å². The molecule has 1 amide bonds. The van der Waals surface area contributed by atoms with Crippen LogP contribution in [0.1, 0.15) is 5.56 Å². The number of anilines is 1. The maximum Gasteiger partial charge on any atom is 0.262 e. The number of fused-ring (bicyclic) bond motifs is 1. The van der Waals surface area contributed by atoms with Gasteiger partial charge in [0.25, 0.3) is 5.91 Å². The van der Waals surface area contributed by atoms with Crippen LogP contribution in [-0.4, -0.2) is 22.3 Å². The topological polar surface area (TPSA) is 56.2 Å². The standard InChI is InChI=1S/C19H16FN3O2/c1-11-14(7-8-16-18(11)22-17(24)10-25-16)15-9-21-23(2)19(15)12-3-5-13(20)6-4-12/h3-9H,10H2,1-2H3,(H,22,24). The van der Waals surface area contributed by atoms with Gasteiger partial charge < -0.3 is 10.1 Å². The normalized spacial score (nSPS) is 13.2. The van der Waals surface area contributed by atoms with Gasteiger partial charge in [-0.05, 0) is 48.4 Å². The zero-order valence-corrected chi connectivity index (χ0v) is 13.8. The van der Waals surface area contributed by atoms with Crippen LogP contribution in [0, 0.1) is 12.7 Å². The van der Waals surface area contributed by atoms with Crippen LogP contribution < -0.4 is 10.1 Å². The molecule has 0 unspecified atom stereocenters. The van der Waals surface area contributed by atoms with E-state index in [1.807, 2.05) is 26.1 Å². The van der Waals surface area contributed by atoms with E-state index in [1.54, 1.807) is 23.0 Å². The Kier molecular flexibility index (Phi) is 3.53. The Bertz CT molecular complexity index is 977. The number of carbonyl (C=O) groups is 1. The summed E-state index contributed by atoms with van der Waals surface area (Å²) in [5.41, 5.74) is 5.19. The van der Waals surface area contributed by atoms with Crippen molar-refractivity contribution in [1.29, 1.82) is 0 Å². The molecular formula is C19H16FN3O2. The molecule has 5 nitrogen and oxygen atoms in total. The summed E-state index contributed by atoms with van der Waals surface area (Å²) in [6, 6.07) is 10.1. The number of aryl methyl sites for hydroxylation is 1. The predicted octanol–water partition coefficient (Wildman–Crippen LogP) is 3.53. The summed E-state index contributed by atoms with van der Waals surface area (Å²) in [4.78, 5) is 11.7. The van der Waals surface area contributed by atoms with Crippen LogP contribution in [0.2, 0.25) is 0 Å². The third-order valence-electron chi connectivity index (χ3n) is 4.40. The maximum atomic E-state index is 13.3. The Morgan fingerprint density at radius 3 is 2.68 bits per heavy atom. The van der Waals surface area contributed by atoms with Crippen LogP contribution in [-0.2, 0) is 11.8 Å². The van der Waals surface area contributed by atoms with Gasteiger partial charge in [-0.25, -0.2) is 4.39 Å². The van der Waals surface area contributed by atoms with E-state index in [0.29, 0.717) is 11.4 Å². The van der Waals surface area contributed by atoms with Gasteiger partial charge in [0.2, 0.25) is 0 Å². The SMILES string of the molecule is Cc1c(-c2cnn(C)c2-c2ccc(F)cc2)ccc2c1NC(=O)CO2. The van der Waals surface area contributed by atoms with Crippen LogP contribution >= 0.6 is 0 Å². The second-order valence-corrected chi connectivity index (χ2v) is 5.99. The second-order valence-electron chi connectivity index (χ2n) is 5.99. The smallest absolute Gasteiger partial charge is 0.262 e. The molecule has 0 saturated carbocycles. The van der Waals surface area contributed by atoms with Crippen LogP contribution in [0.15, 0.2) is 42.6 Å². The molecular weight excluding hydrogens is 321 g/mol. The fourth-order valence-electron chi connectivity index (χ4n) is 3.16. The lowest BCUT2D eigenvalue weighted by Gasteiger charge is -2.21. The summed E-state index contributed by atoms with van der Waals surface area (Å²) in [7, 11) is 1.85. The van der Waals surface area contributed by atoms with Crippen molar-refractivity contribution >= 4 is 11.6 Å². The first kappa shape index (κ1) is 15.4. The lowest BCUT2D eigenvalue weighted by Crippen LogP contribution is -2.26. The molecule has 0 aliphatic carbocycles. The van der Waals surface area contributed by atoms with Crippen molar-refractivity contribution in [1.82, 2.24) is 9.78 Å². The number of nitrogens with zero attached hydrogens (tertiary/aromatic N) is 2. The largest absolute Gasteiger partial charge is 0.482 e. The highest BCUT2D eigenvalue weighted by molar-refractivity contribution is 5.98. The zero-order chi connectivity index (χ0) is 17.6. The fraction of sp³-hybridized carbons (Fsp3) is 0.158. The van der Waals surface area contributed by atoms with Gasteiger partial charge in [0, 0.05) is 18.2 Å². The molecule has 6 heteroatoms. The highest BCUT2D eigenvalue weighted by Gasteiger charge is 2.22. The molecule has 126 valence electrons. The number of benzene rings is 2. The number of amides is 1. The molecule has 0 fully saturated rings. The van der Waals surface area contributed by atoms with Gasteiger partial charge in [-0.1, -0.05) is 6.07 Å². The second kappa shape index (κ2) is 5.73. The number of nitrogens with one attached hydrogen (secondary N) is 1. The van der Waals surface area contributed by atoms with Crippen molar-refractivity contribution in [2.24, 2.45) is 7.05 Å². The lowest BCUT2D eigenvalue weighted by molar-refractivity contribution is -0.118. The Morgan fingerprint density at radius 2 is 1.92 bits per heavy atom. The average Bonchev–Trinajstić information content (AvgIpc) is 2.98. The molecule has 0 atom stereocenters. The number of ether oxygens (including phenoxy) is 1. The minimum atomic E-state index is -0.280. The zero-order valence-electron chi connectivity index (χ0n) is 13.8. The first-order valence-electron chi connectivity index (χ1n) is 7.89. The van der Waals surface area contributed by atoms with E-state index in [0.717, 1.165) is 27.9 Å². The highest BCUT2D eigenvalue weighted by atomic mass is 19.1. The number of hydrogen-bond donors (Lipinski definition) is 1. The fourth-order valence-corrected chi connectivity index (χ4v) is 3.16. The minimum absolute atomic E-state index is 0.0273. The van der Waals surface area contributed by atoms with E-state index < -0.39 is 0 Å². The van der Waals surface area contributed by atoms with Crippen molar-refractivity contribution < 1.29 is 13.9 Å². The van der Waals surface area contributed by atoms with Crippen molar-refractivity contribution in [2.45, 2.75) is 6.92 Å². The predicted molar refractivity (Wildman–Crippen MR) is 92.9 cm³/mol. The summed E-state index contributed by atoms with van der Waals surface area (Å²) in [6.07, 6.45) is 1.78. The third kappa shape index (κ3) is 2.55. The van der Waals surface area contributed by atoms with Crippen LogP contribution in [0.25, 0.3) is 22.4 Å². The summed E-state index contributed by atoms with van der Waals surface area (Å²) < 4.78 is 20.5. The van der Waals surface area contributed by atoms with Gasteiger partial charge in [0.1, 0.15) is 11.6 Å². The average molecular weight is 337 g/mol. The van der Waals surface area contributed by atoms with Gasteiger partial charge in [-0.2, -0.15) is 5.10 Å². The third-order valence-corrected chi connectivity index (χ3v) is 4.40. The van der Waals surface area contributed by atoms with Crippen LogP contribution in [0.4, 0.5) is 10.1 Å². The number of aromatic nitrogens is 2. The minimum Gasteiger partial charge on any atom is -0.482 e. The molecule has 3 aromatic rings. The van der Waals surface area contributed by atoms with E-state index in [9.17, 15) is 9.18 Å². The molecule has 0 bridgehead atoms. The Hall–Kier alpha value is -3.15. The molecule has 25 heavy (non-hydrogen) atoms. The number of hydrogen-bond acceptors (Lipinski definition) is 3. The van der Waals surface area contributed by atoms with E-state index in [1.165, 1.54) is 12.1 Å². The van der Waals surface area contributed by atoms with Crippen molar-refractivity contribution in [3.63, 3.8) is 0 Å². The van der Waals surface area contributed by atoms with Gasteiger partial charge in [-0.15, -0.1) is 0 Å². The molecule has 1 aromatic heterocycles. The quantitative estimate of drug-likeness (QED) is 0.778. The highest BCUT2D eigenvalue weighted by Crippen LogP contribution is 2.40. The van der Waals surface area contributed by atoms with Crippen molar-refractivity contribution in [2.75, 3.05) is 11.9 Å². The summed E-state index contributed by atoms with van der Waals surface area (Å²) >= 11 is 0. The van der Waals surface area contributed by atoms with E-state index in [4.69, 9.17) is 4.74 Å². The molecule has 0 saturated heterocycles. The Morgan fingerprint density at radius 1 is 1.16 bits per heavy atom. The molecule has 0 radical (unpaired) electrons. The number of halogens is 1. The van der Waals surface area contributed by atoms with Crippen LogP contribution in [0.5, 0.6) is 5.75 Å². The van der Waals surface area contributed by atoms with Gasteiger partial charge in [0.05, 0.1) is 17.6 Å². The van der Waals surface area contributed by atoms with Gasteiger partial charge >= 0.3 is 0 Å². The Labute approximate surface area is 144 Å². The monoisotopic (exact) mass is 337 g/mol. The summed E-state index contributed by atoms with van der Waals surface area (Å²) in [5, 5.41) is 7.24. The number of rotatable bonds is 2. The number of carbonyl (C=O) groups excluding carboxylic acids is 1. The van der Waals surface area contributed by atoms with E-state index in [2.05, 4.69) is 10.4 Å². The molecule has 2 heterocycles. The summed E-state index contributed by atoms with van der Waals surface area (Å²) in [5.74, 6) is 0.211. The lowest BCUT2D eigenvalue weighted by atomic mass is 9.96. The summed E-state index contributed by atoms with van der Waals surface area (Å²) in [6.45, 7) is 1.96. The van der Waals surface area contributed by atoms with E-state index >= 15 is 0 Å². The first-order valence-corrected chi connectivity index (χ1v) is 7.89. The molecule has 1 aliphatic heterocycles. The van der Waals surface area contributed by atoms with Crippen molar-refractivity contribution in [3.05, 3.63) is 54.0 Å². The van der Waals surface area contributed by atoms with E-state index in [-0.39, 0.29) is 18.3 Å². The maximum absolute atomic E-state index is 13.3. The first-order chi connectivity index (χ1) is 12.0.